The third-order valence-corrected chi connectivity index (χ3v) is 3.21. The van der Waals surface area contributed by atoms with E-state index in [0.29, 0.717) is 6.54 Å². The van der Waals surface area contributed by atoms with Crippen LogP contribution < -0.4 is 0 Å². The normalized spacial score (nSPS) is 16.8. The Morgan fingerprint density at radius 2 is 1.82 bits per heavy atom. The standard InChI is InChI=1S/C14H20N2O/c1-13(17)16(15-10-6-3-7-11-15)12-14-8-4-2-5-9-14/h2,4-5,8-9H,3,6-7,10-12H2,1H3. The maximum Gasteiger partial charge on any atom is 0.234 e. The molecule has 1 heterocycles. The third-order valence-electron chi connectivity index (χ3n) is 3.21. The van der Waals surface area contributed by atoms with Crippen LogP contribution >= 0.6 is 0 Å². The van der Waals surface area contributed by atoms with Crippen molar-refractivity contribution in [2.45, 2.75) is 32.7 Å². The number of benzene rings is 1. The zero-order valence-electron chi connectivity index (χ0n) is 10.4. The van der Waals surface area contributed by atoms with E-state index in [0.717, 1.165) is 13.1 Å². The molecule has 0 saturated carbocycles. The maximum atomic E-state index is 11.7. The molecule has 0 unspecified atom stereocenters. The number of hydrogen-bond donors (Lipinski definition) is 0. The summed E-state index contributed by atoms with van der Waals surface area (Å²) in [5, 5.41) is 4.08. The summed E-state index contributed by atoms with van der Waals surface area (Å²) >= 11 is 0. The lowest BCUT2D eigenvalue weighted by atomic mass is 10.1. The van der Waals surface area contributed by atoms with Gasteiger partial charge in [0.2, 0.25) is 5.91 Å². The van der Waals surface area contributed by atoms with Gasteiger partial charge in [0.25, 0.3) is 0 Å². The van der Waals surface area contributed by atoms with E-state index in [1.54, 1.807) is 6.92 Å². The molecule has 0 aliphatic carbocycles. The summed E-state index contributed by atoms with van der Waals surface area (Å²) in [6.45, 7) is 4.35. The van der Waals surface area contributed by atoms with E-state index in [1.165, 1.54) is 24.8 Å². The summed E-state index contributed by atoms with van der Waals surface area (Å²) < 4.78 is 0. The summed E-state index contributed by atoms with van der Waals surface area (Å²) in [6.07, 6.45) is 3.67. The van der Waals surface area contributed by atoms with E-state index < -0.39 is 0 Å². The van der Waals surface area contributed by atoms with Crippen LogP contribution in [-0.2, 0) is 11.3 Å². The highest BCUT2D eigenvalue weighted by Crippen LogP contribution is 2.14. The van der Waals surface area contributed by atoms with E-state index in [4.69, 9.17) is 0 Å². The number of nitrogens with zero attached hydrogens (tertiary/aromatic N) is 2. The van der Waals surface area contributed by atoms with Gasteiger partial charge in [-0.15, -0.1) is 0 Å². The summed E-state index contributed by atoms with van der Waals surface area (Å²) in [5.74, 6) is 0.135. The van der Waals surface area contributed by atoms with Crippen molar-refractivity contribution < 1.29 is 4.79 Å². The van der Waals surface area contributed by atoms with Crippen molar-refractivity contribution in [3.05, 3.63) is 35.9 Å². The van der Waals surface area contributed by atoms with Crippen molar-refractivity contribution in [1.82, 2.24) is 10.0 Å². The van der Waals surface area contributed by atoms with Gasteiger partial charge in [0.05, 0.1) is 6.54 Å². The Balaban J connectivity index is 2.04. The van der Waals surface area contributed by atoms with E-state index in [2.05, 4.69) is 17.1 Å². The Morgan fingerprint density at radius 3 is 2.41 bits per heavy atom. The van der Waals surface area contributed by atoms with Crippen LogP contribution in [0.5, 0.6) is 0 Å². The number of piperidine rings is 1. The predicted molar refractivity (Wildman–Crippen MR) is 68.1 cm³/mol. The average molecular weight is 232 g/mol. The highest BCUT2D eigenvalue weighted by Gasteiger charge is 2.20. The van der Waals surface area contributed by atoms with Gasteiger partial charge < -0.3 is 0 Å². The lowest BCUT2D eigenvalue weighted by Gasteiger charge is -2.36. The molecule has 1 fully saturated rings. The van der Waals surface area contributed by atoms with Gasteiger partial charge in [-0.05, 0) is 18.4 Å². The van der Waals surface area contributed by atoms with Gasteiger partial charge >= 0.3 is 0 Å². The molecule has 1 aromatic rings. The number of rotatable bonds is 3. The SMILES string of the molecule is CC(=O)N(Cc1ccccc1)N1CCCCC1. The quantitative estimate of drug-likeness (QED) is 0.799. The first kappa shape index (κ1) is 12.1. The summed E-state index contributed by atoms with van der Waals surface area (Å²) in [7, 11) is 0. The molecule has 1 aliphatic heterocycles. The van der Waals surface area contributed by atoms with Crippen molar-refractivity contribution in [3.8, 4) is 0 Å². The Labute approximate surface area is 103 Å². The van der Waals surface area contributed by atoms with Gasteiger partial charge in [-0.2, -0.15) is 0 Å². The molecule has 0 spiro atoms. The molecule has 0 radical (unpaired) electrons. The zero-order chi connectivity index (χ0) is 12.1. The molecule has 1 amide bonds. The van der Waals surface area contributed by atoms with E-state index >= 15 is 0 Å². The van der Waals surface area contributed by atoms with E-state index in [-0.39, 0.29) is 5.91 Å². The van der Waals surface area contributed by atoms with Gasteiger partial charge in [-0.25, -0.2) is 5.01 Å². The molecule has 1 aliphatic rings. The number of hydrazine groups is 1. The van der Waals surface area contributed by atoms with Gasteiger partial charge in [0, 0.05) is 20.0 Å². The number of carbonyl (C=O) groups excluding carboxylic acids is 1. The molecular weight excluding hydrogens is 212 g/mol. The summed E-state index contributed by atoms with van der Waals surface area (Å²) in [4.78, 5) is 11.7. The van der Waals surface area contributed by atoms with Crippen LogP contribution in [0.4, 0.5) is 0 Å². The maximum absolute atomic E-state index is 11.7. The van der Waals surface area contributed by atoms with Crippen molar-refractivity contribution >= 4 is 5.91 Å². The van der Waals surface area contributed by atoms with Crippen molar-refractivity contribution in [1.29, 1.82) is 0 Å². The minimum atomic E-state index is 0.135. The second-order valence-corrected chi connectivity index (χ2v) is 4.58. The van der Waals surface area contributed by atoms with Crippen LogP contribution in [0.25, 0.3) is 0 Å². The first-order valence-electron chi connectivity index (χ1n) is 6.34. The second-order valence-electron chi connectivity index (χ2n) is 4.58. The highest BCUT2D eigenvalue weighted by molar-refractivity contribution is 5.72. The number of hydrogen-bond acceptors (Lipinski definition) is 2. The molecular formula is C14H20N2O. The van der Waals surface area contributed by atoms with Crippen LogP contribution in [-0.4, -0.2) is 29.0 Å². The molecule has 1 saturated heterocycles. The Morgan fingerprint density at radius 1 is 1.18 bits per heavy atom. The molecule has 17 heavy (non-hydrogen) atoms. The zero-order valence-corrected chi connectivity index (χ0v) is 10.4. The molecule has 0 atom stereocenters. The molecule has 3 nitrogen and oxygen atoms in total. The fourth-order valence-corrected chi connectivity index (χ4v) is 2.29. The van der Waals surface area contributed by atoms with Crippen LogP contribution in [0, 0.1) is 0 Å². The van der Waals surface area contributed by atoms with Crippen LogP contribution in [0.1, 0.15) is 31.7 Å². The average Bonchev–Trinajstić information content (AvgIpc) is 2.38. The van der Waals surface area contributed by atoms with Crippen molar-refractivity contribution in [2.75, 3.05) is 13.1 Å². The van der Waals surface area contributed by atoms with Gasteiger partial charge in [0.15, 0.2) is 0 Å². The minimum Gasteiger partial charge on any atom is -0.274 e. The van der Waals surface area contributed by atoms with Gasteiger partial charge in [0.1, 0.15) is 0 Å². The van der Waals surface area contributed by atoms with E-state index in [9.17, 15) is 4.79 Å². The first-order chi connectivity index (χ1) is 8.27. The molecule has 1 aromatic carbocycles. The summed E-state index contributed by atoms with van der Waals surface area (Å²) in [6, 6.07) is 10.2. The molecule has 2 rings (SSSR count). The van der Waals surface area contributed by atoms with Crippen molar-refractivity contribution in [3.63, 3.8) is 0 Å². The topological polar surface area (TPSA) is 23.6 Å². The monoisotopic (exact) mass is 232 g/mol. The molecule has 0 aromatic heterocycles. The van der Waals surface area contributed by atoms with Gasteiger partial charge in [-0.3, -0.25) is 9.80 Å². The minimum absolute atomic E-state index is 0.135. The smallest absolute Gasteiger partial charge is 0.234 e. The molecule has 3 heteroatoms. The predicted octanol–water partition coefficient (Wildman–Crippen LogP) is 2.44. The van der Waals surface area contributed by atoms with Gasteiger partial charge in [-0.1, -0.05) is 36.8 Å². The Bertz CT molecular complexity index is 358. The highest BCUT2D eigenvalue weighted by atomic mass is 16.2. The van der Waals surface area contributed by atoms with E-state index in [1.807, 2.05) is 23.2 Å². The van der Waals surface area contributed by atoms with Crippen LogP contribution in [0.3, 0.4) is 0 Å². The van der Waals surface area contributed by atoms with Crippen molar-refractivity contribution in [2.24, 2.45) is 0 Å². The summed E-state index contributed by atoms with van der Waals surface area (Å²) in [5.41, 5.74) is 1.19. The van der Waals surface area contributed by atoms with Crippen LogP contribution in [0.15, 0.2) is 30.3 Å². The first-order valence-corrected chi connectivity index (χ1v) is 6.34. The number of amides is 1. The largest absolute Gasteiger partial charge is 0.274 e. The third kappa shape index (κ3) is 3.30. The van der Waals surface area contributed by atoms with Crippen LogP contribution in [0.2, 0.25) is 0 Å². The fourth-order valence-electron chi connectivity index (χ4n) is 2.29. The lowest BCUT2D eigenvalue weighted by Crippen LogP contribution is -2.47. The Kier molecular flexibility index (Phi) is 4.15. The molecule has 0 N–H and O–H groups in total. The molecule has 0 bridgehead atoms. The fraction of sp³-hybridized carbons (Fsp3) is 0.500. The Hall–Kier alpha value is -1.35. The lowest BCUT2D eigenvalue weighted by molar-refractivity contribution is -0.150. The molecule has 92 valence electrons. The number of carbonyl (C=O) groups is 1. The second kappa shape index (κ2) is 5.82.